The number of ether oxygens (including phenoxy) is 3. The van der Waals surface area contributed by atoms with Gasteiger partial charge >= 0.3 is 17.9 Å². The molecule has 6 rings (SSSR count). The summed E-state index contributed by atoms with van der Waals surface area (Å²) in [6.07, 6.45) is 9.06. The highest BCUT2D eigenvalue weighted by Crippen LogP contribution is 2.69. The van der Waals surface area contributed by atoms with Gasteiger partial charge in [-0.15, -0.1) is 0 Å². The average molecular weight is 655 g/mol. The largest absolute Gasteiger partial charge is 0.463 e. The number of carbonyl (C=O) groups excluding carboxylic acids is 3. The van der Waals surface area contributed by atoms with Crippen LogP contribution in [-0.4, -0.2) is 36.2 Å². The van der Waals surface area contributed by atoms with Gasteiger partial charge < -0.3 is 14.2 Å². The molecule has 4 saturated carbocycles. The first-order valence-electron chi connectivity index (χ1n) is 18.2. The third-order valence-electron chi connectivity index (χ3n) is 13.3. The van der Waals surface area contributed by atoms with Gasteiger partial charge in [0.2, 0.25) is 0 Å². The van der Waals surface area contributed by atoms with Gasteiger partial charge in [0.05, 0.1) is 0 Å². The highest BCUT2D eigenvalue weighted by Gasteiger charge is 2.67. The Morgan fingerprint density at radius 1 is 0.771 bits per heavy atom. The Bertz CT molecular complexity index is 1460. The van der Waals surface area contributed by atoms with Gasteiger partial charge in [-0.3, -0.25) is 14.4 Å². The lowest BCUT2D eigenvalue weighted by atomic mass is 9.43. The lowest BCUT2D eigenvalue weighted by molar-refractivity contribution is -0.224. The minimum Gasteiger partial charge on any atom is -0.463 e. The average Bonchev–Trinajstić information content (AvgIpc) is 3.40. The van der Waals surface area contributed by atoms with E-state index < -0.39 is 0 Å². The highest BCUT2D eigenvalue weighted by atomic mass is 16.6. The summed E-state index contributed by atoms with van der Waals surface area (Å²) in [5.41, 5.74) is 3.42. The zero-order valence-corrected chi connectivity index (χ0v) is 29.7. The summed E-state index contributed by atoms with van der Waals surface area (Å²) in [5, 5.41) is 0. The maximum absolute atomic E-state index is 12.8. The van der Waals surface area contributed by atoms with Crippen LogP contribution in [0.5, 0.6) is 0 Å². The number of allylic oxidation sites excluding steroid dienone is 1. The molecule has 0 spiro atoms. The molecule has 11 atom stereocenters. The summed E-state index contributed by atoms with van der Waals surface area (Å²) in [4.78, 5) is 37.2. The topological polar surface area (TPSA) is 78.9 Å². The van der Waals surface area contributed by atoms with Crippen molar-refractivity contribution >= 4 is 23.5 Å². The Kier molecular flexibility index (Phi) is 9.93. The first-order chi connectivity index (χ1) is 22.9. The summed E-state index contributed by atoms with van der Waals surface area (Å²) in [6.45, 7) is 11.7. The van der Waals surface area contributed by atoms with Crippen LogP contribution in [0.2, 0.25) is 0 Å². The smallest absolute Gasteiger partial charge is 0.302 e. The monoisotopic (exact) mass is 654 g/mol. The van der Waals surface area contributed by atoms with Crippen molar-refractivity contribution in [1.82, 2.24) is 0 Å². The van der Waals surface area contributed by atoms with E-state index in [4.69, 9.17) is 14.2 Å². The van der Waals surface area contributed by atoms with E-state index in [0.717, 1.165) is 51.4 Å². The molecule has 0 radical (unpaired) electrons. The Morgan fingerprint density at radius 2 is 1.38 bits per heavy atom. The van der Waals surface area contributed by atoms with Gasteiger partial charge in [-0.25, -0.2) is 0 Å². The van der Waals surface area contributed by atoms with E-state index in [1.165, 1.54) is 30.5 Å². The van der Waals surface area contributed by atoms with Gasteiger partial charge in [0.15, 0.2) is 0 Å². The number of benzene rings is 2. The molecule has 2 aromatic carbocycles. The third-order valence-corrected chi connectivity index (χ3v) is 13.3. The molecule has 6 heteroatoms. The molecule has 6 nitrogen and oxygen atoms in total. The molecule has 0 heterocycles. The molecule has 0 bridgehead atoms. The summed E-state index contributed by atoms with van der Waals surface area (Å²) >= 11 is 0. The predicted octanol–water partition coefficient (Wildman–Crippen LogP) is 8.82. The molecule has 258 valence electrons. The van der Waals surface area contributed by atoms with Crippen LogP contribution in [0.4, 0.5) is 0 Å². The first-order valence-corrected chi connectivity index (χ1v) is 18.2. The molecule has 0 saturated heterocycles. The minimum absolute atomic E-state index is 0.00952. The van der Waals surface area contributed by atoms with E-state index in [0.29, 0.717) is 11.8 Å². The van der Waals surface area contributed by atoms with E-state index >= 15 is 0 Å². The summed E-state index contributed by atoms with van der Waals surface area (Å²) in [7, 11) is 0. The molecule has 0 aromatic heterocycles. The standard InChI is InChI=1S/C42H54O6/c1-26(17-18-34(30-13-9-7-10-14-30)31-15-11-8-12-16-31)35-19-20-36-40-37(25-39(42(35,36)6)48-29(4)45)41(5)22-21-33(46-27(2)43)23-32(41)24-38(40)47-28(3)44/h7-16,18,26,32-33,35-40H,17,19-25H2,1-6H3/t26-,32+,33-,35-,36+,37+,38-,39+,40+,41+,42-/m1/s1. The second-order valence-corrected chi connectivity index (χ2v) is 15.8. The molecule has 0 N–H and O–H groups in total. The molecule has 0 amide bonds. The summed E-state index contributed by atoms with van der Waals surface area (Å²) in [5.74, 6) is 0.994. The number of rotatable bonds is 8. The quantitative estimate of drug-likeness (QED) is 0.209. The van der Waals surface area contributed by atoms with Gasteiger partial charge in [0.1, 0.15) is 18.3 Å². The molecule has 0 aliphatic heterocycles. The molecule has 4 fully saturated rings. The van der Waals surface area contributed by atoms with Crippen LogP contribution < -0.4 is 0 Å². The molecule has 4 aliphatic carbocycles. The molecule has 2 aromatic rings. The number of fused-ring (bicyclic) bond motifs is 5. The number of esters is 3. The predicted molar refractivity (Wildman–Crippen MR) is 186 cm³/mol. The van der Waals surface area contributed by atoms with Crippen LogP contribution in [0, 0.1) is 46.3 Å². The Morgan fingerprint density at radius 3 is 1.96 bits per heavy atom. The molecule has 0 unspecified atom stereocenters. The van der Waals surface area contributed by atoms with Crippen LogP contribution in [0.3, 0.4) is 0 Å². The SMILES string of the molecule is CC(=O)O[C@@H]1CC[C@@]2(C)[C@@H](C1)C[C@@H](OC(C)=O)[C@@H]1[C@@H]2C[C@H](OC(C)=O)[C@]2(C)[C@@H]([C@H](C)CC=C(c3ccccc3)c3ccccc3)CC[C@@H]12. The van der Waals surface area contributed by atoms with Gasteiger partial charge in [-0.2, -0.15) is 0 Å². The maximum atomic E-state index is 12.8. The molecule has 4 aliphatic rings. The van der Waals surface area contributed by atoms with Crippen molar-refractivity contribution < 1.29 is 28.6 Å². The Labute approximate surface area is 287 Å². The zero-order valence-electron chi connectivity index (χ0n) is 29.7. The fourth-order valence-electron chi connectivity index (χ4n) is 11.2. The Balaban J connectivity index is 1.33. The molecular formula is C42H54O6. The van der Waals surface area contributed by atoms with Crippen LogP contribution in [0.25, 0.3) is 5.57 Å². The van der Waals surface area contributed by atoms with Crippen molar-refractivity contribution in [3.05, 3.63) is 77.9 Å². The number of hydrogen-bond donors (Lipinski definition) is 0. The highest BCUT2D eigenvalue weighted by molar-refractivity contribution is 5.79. The van der Waals surface area contributed by atoms with E-state index in [9.17, 15) is 14.4 Å². The van der Waals surface area contributed by atoms with E-state index in [-0.39, 0.29) is 70.7 Å². The third kappa shape index (κ3) is 6.48. The minimum atomic E-state index is -0.240. The molecule has 48 heavy (non-hydrogen) atoms. The fraction of sp³-hybridized carbons (Fsp3) is 0.595. The van der Waals surface area contributed by atoms with E-state index in [1.807, 2.05) is 0 Å². The van der Waals surface area contributed by atoms with Crippen LogP contribution in [0.15, 0.2) is 66.7 Å². The van der Waals surface area contributed by atoms with E-state index in [2.05, 4.69) is 87.5 Å². The van der Waals surface area contributed by atoms with Crippen LogP contribution in [0.1, 0.15) is 104 Å². The van der Waals surface area contributed by atoms with Crippen molar-refractivity contribution in [2.24, 2.45) is 46.3 Å². The van der Waals surface area contributed by atoms with Gasteiger partial charge in [-0.05, 0) is 103 Å². The van der Waals surface area contributed by atoms with E-state index in [1.54, 1.807) is 6.92 Å². The normalized spacial score (nSPS) is 36.0. The first kappa shape index (κ1) is 34.5. The van der Waals surface area contributed by atoms with Gasteiger partial charge in [-0.1, -0.05) is 87.5 Å². The van der Waals surface area contributed by atoms with Crippen LogP contribution >= 0.6 is 0 Å². The van der Waals surface area contributed by atoms with Crippen molar-refractivity contribution in [1.29, 1.82) is 0 Å². The van der Waals surface area contributed by atoms with Crippen LogP contribution in [-0.2, 0) is 28.6 Å². The van der Waals surface area contributed by atoms with Crippen molar-refractivity contribution in [2.45, 2.75) is 111 Å². The zero-order chi connectivity index (χ0) is 34.2. The molecular weight excluding hydrogens is 600 g/mol. The fourth-order valence-corrected chi connectivity index (χ4v) is 11.2. The number of carbonyl (C=O) groups is 3. The second-order valence-electron chi connectivity index (χ2n) is 15.8. The second kappa shape index (κ2) is 13.8. The Hall–Kier alpha value is -3.41. The lowest BCUT2D eigenvalue weighted by Crippen LogP contribution is -2.63. The van der Waals surface area contributed by atoms with Crippen molar-refractivity contribution in [3.63, 3.8) is 0 Å². The van der Waals surface area contributed by atoms with Crippen molar-refractivity contribution in [3.8, 4) is 0 Å². The van der Waals surface area contributed by atoms with Gasteiger partial charge in [0.25, 0.3) is 0 Å². The maximum Gasteiger partial charge on any atom is 0.302 e. The van der Waals surface area contributed by atoms with Gasteiger partial charge in [0, 0.05) is 32.1 Å². The summed E-state index contributed by atoms with van der Waals surface area (Å²) in [6, 6.07) is 21.2. The summed E-state index contributed by atoms with van der Waals surface area (Å²) < 4.78 is 18.3. The lowest BCUT2D eigenvalue weighted by Gasteiger charge is -2.64. The number of hydrogen-bond acceptors (Lipinski definition) is 6. The van der Waals surface area contributed by atoms with Crippen molar-refractivity contribution in [2.75, 3.05) is 0 Å².